The number of hydrogen-bond acceptors (Lipinski definition) is 3. The van der Waals surface area contributed by atoms with E-state index in [1.54, 1.807) is 6.07 Å². The van der Waals surface area contributed by atoms with Crippen LogP contribution in [-0.4, -0.2) is 18.6 Å². The van der Waals surface area contributed by atoms with Crippen LogP contribution >= 0.6 is 12.4 Å². The van der Waals surface area contributed by atoms with Crippen molar-refractivity contribution in [2.45, 2.75) is 57.0 Å². The van der Waals surface area contributed by atoms with E-state index < -0.39 is 0 Å². The number of benzene rings is 1. The zero-order chi connectivity index (χ0) is 17.4. The first kappa shape index (κ1) is 19.4. The summed E-state index contributed by atoms with van der Waals surface area (Å²) in [7, 11) is 0. The lowest BCUT2D eigenvalue weighted by Gasteiger charge is -2.43. The number of nitrogens with one attached hydrogen (secondary N) is 1. The minimum absolute atomic E-state index is 0. The van der Waals surface area contributed by atoms with Crippen LogP contribution in [0.25, 0.3) is 0 Å². The highest BCUT2D eigenvalue weighted by Crippen LogP contribution is 2.42. The van der Waals surface area contributed by atoms with Gasteiger partial charge in [0.25, 0.3) is 0 Å². The second kappa shape index (κ2) is 8.13. The van der Waals surface area contributed by atoms with Gasteiger partial charge in [0.15, 0.2) is 11.6 Å². The lowest BCUT2D eigenvalue weighted by atomic mass is 9.65. The van der Waals surface area contributed by atoms with Gasteiger partial charge >= 0.3 is 0 Å². The van der Waals surface area contributed by atoms with Gasteiger partial charge in [-0.15, -0.1) is 12.4 Å². The molecule has 0 radical (unpaired) electrons. The monoisotopic (exact) mass is 382 g/mol. The van der Waals surface area contributed by atoms with Gasteiger partial charge in [-0.05, 0) is 56.4 Å². The second-order valence-electron chi connectivity index (χ2n) is 7.91. The summed E-state index contributed by atoms with van der Waals surface area (Å²) in [6.45, 7) is 0.489. The smallest absolute Gasteiger partial charge is 0.223 e. The molecular formula is C20H28ClFN2O2. The third-order valence-electron chi connectivity index (χ3n) is 6.36. The van der Waals surface area contributed by atoms with Crippen molar-refractivity contribution in [3.8, 4) is 5.75 Å². The van der Waals surface area contributed by atoms with Crippen LogP contribution in [0.5, 0.6) is 5.75 Å². The zero-order valence-corrected chi connectivity index (χ0v) is 15.8. The quantitative estimate of drug-likeness (QED) is 0.819. The molecule has 1 aromatic carbocycles. The Balaban J connectivity index is 0.00000196. The largest absolute Gasteiger partial charge is 0.490 e. The number of fused-ring (bicyclic) bond motifs is 3. The standard InChI is InChI=1S/C20H27FN2O2.ClH/c21-16-7-2-6-15-17(8-3-9-25-19(15)16)23-20(24)14-10-12-4-1-5-13(11-14)18(12)22;/h2,6-7,12-14,17-18H,1,3-5,8-11,22H2,(H,23,24);1H. The molecule has 6 heteroatoms. The van der Waals surface area contributed by atoms with E-state index in [0.717, 1.165) is 44.1 Å². The van der Waals surface area contributed by atoms with Gasteiger partial charge in [-0.3, -0.25) is 4.79 Å². The van der Waals surface area contributed by atoms with Crippen molar-refractivity contribution in [1.29, 1.82) is 0 Å². The molecule has 0 spiro atoms. The third kappa shape index (κ3) is 3.70. The molecule has 26 heavy (non-hydrogen) atoms. The molecule has 144 valence electrons. The molecule has 4 nitrogen and oxygen atoms in total. The lowest BCUT2D eigenvalue weighted by molar-refractivity contribution is -0.128. The fourth-order valence-electron chi connectivity index (χ4n) is 5.01. The summed E-state index contributed by atoms with van der Waals surface area (Å²) in [6.07, 6.45) is 6.90. The minimum Gasteiger partial charge on any atom is -0.490 e. The number of para-hydroxylation sites is 1. The Morgan fingerprint density at radius 2 is 1.88 bits per heavy atom. The number of carbonyl (C=O) groups excluding carboxylic acids is 1. The first-order valence-corrected chi connectivity index (χ1v) is 9.60. The molecule has 4 rings (SSSR count). The van der Waals surface area contributed by atoms with E-state index >= 15 is 0 Å². The van der Waals surface area contributed by atoms with Crippen LogP contribution in [0.1, 0.15) is 56.6 Å². The molecule has 0 aromatic heterocycles. The van der Waals surface area contributed by atoms with Crippen LogP contribution in [0.4, 0.5) is 4.39 Å². The Labute approximate surface area is 160 Å². The number of amides is 1. The SMILES string of the molecule is Cl.NC1C2CCCC1CC(C(=O)NC1CCCOc3c(F)cccc31)C2. The first-order chi connectivity index (χ1) is 12.1. The van der Waals surface area contributed by atoms with Gasteiger partial charge < -0.3 is 15.8 Å². The first-order valence-electron chi connectivity index (χ1n) is 9.60. The predicted octanol–water partition coefficient (Wildman–Crippen LogP) is 3.73. The number of ether oxygens (including phenoxy) is 1. The predicted molar refractivity (Wildman–Crippen MR) is 101 cm³/mol. The molecule has 1 amide bonds. The summed E-state index contributed by atoms with van der Waals surface area (Å²) in [5.74, 6) is 1.04. The van der Waals surface area contributed by atoms with E-state index in [0.29, 0.717) is 24.2 Å². The zero-order valence-electron chi connectivity index (χ0n) is 15.0. The number of hydrogen-bond donors (Lipinski definition) is 2. The van der Waals surface area contributed by atoms with Crippen LogP contribution in [0.15, 0.2) is 18.2 Å². The van der Waals surface area contributed by atoms with Crippen LogP contribution in [0.3, 0.4) is 0 Å². The Morgan fingerprint density at radius 3 is 2.62 bits per heavy atom. The fourth-order valence-corrected chi connectivity index (χ4v) is 5.01. The van der Waals surface area contributed by atoms with Crippen LogP contribution < -0.4 is 15.8 Å². The van der Waals surface area contributed by atoms with Crippen molar-refractivity contribution >= 4 is 18.3 Å². The lowest BCUT2D eigenvalue weighted by Crippen LogP contribution is -2.49. The molecule has 1 aliphatic heterocycles. The molecule has 0 saturated heterocycles. The summed E-state index contributed by atoms with van der Waals surface area (Å²) in [6, 6.07) is 5.05. The van der Waals surface area contributed by atoms with E-state index in [4.69, 9.17) is 10.5 Å². The molecule has 2 fully saturated rings. The van der Waals surface area contributed by atoms with Crippen molar-refractivity contribution < 1.29 is 13.9 Å². The van der Waals surface area contributed by atoms with Crippen LogP contribution in [0.2, 0.25) is 0 Å². The summed E-state index contributed by atoms with van der Waals surface area (Å²) in [5.41, 5.74) is 7.10. The highest BCUT2D eigenvalue weighted by atomic mass is 35.5. The molecule has 3 unspecified atom stereocenters. The second-order valence-corrected chi connectivity index (χ2v) is 7.91. The number of nitrogens with two attached hydrogens (primary N) is 1. The van der Waals surface area contributed by atoms with Gasteiger partial charge in [-0.25, -0.2) is 4.39 Å². The van der Waals surface area contributed by atoms with Gasteiger partial charge in [0, 0.05) is 17.5 Å². The van der Waals surface area contributed by atoms with E-state index in [-0.39, 0.29) is 42.1 Å². The summed E-state index contributed by atoms with van der Waals surface area (Å²) in [4.78, 5) is 12.9. The van der Waals surface area contributed by atoms with Crippen molar-refractivity contribution in [1.82, 2.24) is 5.32 Å². The Bertz CT molecular complexity index is 643. The molecule has 3 aliphatic rings. The molecule has 3 N–H and O–H groups in total. The highest BCUT2D eigenvalue weighted by Gasteiger charge is 2.41. The summed E-state index contributed by atoms with van der Waals surface area (Å²) in [5, 5.41) is 3.19. The third-order valence-corrected chi connectivity index (χ3v) is 6.36. The average molecular weight is 383 g/mol. The van der Waals surface area contributed by atoms with E-state index in [1.807, 2.05) is 6.07 Å². The van der Waals surface area contributed by atoms with Gasteiger partial charge in [-0.1, -0.05) is 18.6 Å². The topological polar surface area (TPSA) is 64.4 Å². The molecule has 1 aromatic rings. The minimum atomic E-state index is -0.350. The van der Waals surface area contributed by atoms with Gasteiger partial charge in [0.05, 0.1) is 12.6 Å². The van der Waals surface area contributed by atoms with E-state index in [9.17, 15) is 9.18 Å². The van der Waals surface area contributed by atoms with Crippen molar-refractivity contribution in [2.24, 2.45) is 23.5 Å². The Morgan fingerprint density at radius 1 is 1.15 bits per heavy atom. The van der Waals surface area contributed by atoms with Gasteiger partial charge in [0.1, 0.15) is 0 Å². The maximum absolute atomic E-state index is 14.1. The Hall–Kier alpha value is -1.33. The molecular weight excluding hydrogens is 355 g/mol. The maximum atomic E-state index is 14.1. The molecule has 2 saturated carbocycles. The fraction of sp³-hybridized carbons (Fsp3) is 0.650. The van der Waals surface area contributed by atoms with Gasteiger partial charge in [0.2, 0.25) is 5.91 Å². The molecule has 1 heterocycles. The average Bonchev–Trinajstić information content (AvgIpc) is 2.78. The van der Waals surface area contributed by atoms with Crippen molar-refractivity contribution in [3.05, 3.63) is 29.6 Å². The molecule has 2 aliphatic carbocycles. The molecule has 3 atom stereocenters. The van der Waals surface area contributed by atoms with Crippen LogP contribution in [0, 0.1) is 23.6 Å². The van der Waals surface area contributed by atoms with Crippen molar-refractivity contribution in [3.63, 3.8) is 0 Å². The summed E-state index contributed by atoms with van der Waals surface area (Å²) < 4.78 is 19.6. The Kier molecular flexibility index (Phi) is 6.08. The normalized spacial score (nSPS) is 33.1. The van der Waals surface area contributed by atoms with Crippen molar-refractivity contribution in [2.75, 3.05) is 6.61 Å². The number of rotatable bonds is 2. The summed E-state index contributed by atoms with van der Waals surface area (Å²) >= 11 is 0. The van der Waals surface area contributed by atoms with E-state index in [2.05, 4.69) is 5.32 Å². The van der Waals surface area contributed by atoms with Gasteiger partial charge in [-0.2, -0.15) is 0 Å². The van der Waals surface area contributed by atoms with E-state index in [1.165, 1.54) is 12.5 Å². The number of halogens is 2. The molecule has 2 bridgehead atoms. The highest BCUT2D eigenvalue weighted by molar-refractivity contribution is 5.85. The number of carbonyl (C=O) groups is 1. The maximum Gasteiger partial charge on any atom is 0.223 e. The van der Waals surface area contributed by atoms with Crippen LogP contribution in [-0.2, 0) is 4.79 Å².